The molecule has 2 heterocycles. The molecule has 0 fully saturated rings. The first-order valence-corrected chi connectivity index (χ1v) is 4.25. The summed E-state index contributed by atoms with van der Waals surface area (Å²) in [6.07, 6.45) is 1.91. The Kier molecular flexibility index (Phi) is 1.34. The maximum atomic E-state index is 4.13. The van der Waals surface area contributed by atoms with Crippen molar-refractivity contribution in [2.45, 2.75) is 4.90 Å². The summed E-state index contributed by atoms with van der Waals surface area (Å²) >= 11 is 1.86. The number of hydrogen-bond donors (Lipinski definition) is 1. The van der Waals surface area contributed by atoms with E-state index in [1.165, 1.54) is 4.90 Å². The minimum absolute atomic E-state index is 1.05. The Bertz CT molecular complexity index is 243. The highest BCUT2D eigenvalue weighted by Gasteiger charge is 2.11. The molecule has 3 nitrogen and oxygen atoms in total. The molecule has 1 aromatic heterocycles. The second-order valence-electron chi connectivity index (χ2n) is 2.26. The first-order valence-electron chi connectivity index (χ1n) is 3.26. The van der Waals surface area contributed by atoms with Gasteiger partial charge in [0.2, 0.25) is 0 Å². The molecule has 4 heteroatoms. The van der Waals surface area contributed by atoms with Crippen molar-refractivity contribution in [3.05, 3.63) is 6.20 Å². The van der Waals surface area contributed by atoms with Crippen LogP contribution in [0.5, 0.6) is 0 Å². The summed E-state index contributed by atoms with van der Waals surface area (Å²) in [5, 5.41) is 7.42. The van der Waals surface area contributed by atoms with E-state index in [1.807, 2.05) is 29.7 Å². The molecule has 0 radical (unpaired) electrons. The molecular formula is C6H9N3S. The summed E-state index contributed by atoms with van der Waals surface area (Å²) < 4.78 is 1.88. The van der Waals surface area contributed by atoms with Crippen molar-refractivity contribution in [1.29, 1.82) is 0 Å². The lowest BCUT2D eigenvalue weighted by atomic mass is 10.6. The second-order valence-corrected chi connectivity index (χ2v) is 3.39. The molecular weight excluding hydrogens is 146 g/mol. The quantitative estimate of drug-likeness (QED) is 0.604. The standard InChI is InChI=1S/C6H9N3S/c1-9-6-5(4-8-9)10-3-2-7-6/h4,7H,2-3H2,1H3. The lowest BCUT2D eigenvalue weighted by molar-refractivity contribution is 0.769. The summed E-state index contributed by atoms with van der Waals surface area (Å²) in [4.78, 5) is 1.27. The van der Waals surface area contributed by atoms with Crippen LogP contribution in [-0.2, 0) is 7.05 Å². The monoisotopic (exact) mass is 155 g/mol. The first kappa shape index (κ1) is 6.09. The molecule has 1 aliphatic rings. The van der Waals surface area contributed by atoms with E-state index in [2.05, 4.69) is 10.4 Å². The highest BCUT2D eigenvalue weighted by molar-refractivity contribution is 7.99. The third kappa shape index (κ3) is 0.794. The lowest BCUT2D eigenvalue weighted by Gasteiger charge is -2.13. The fourth-order valence-corrected chi connectivity index (χ4v) is 1.94. The molecule has 1 aliphatic heterocycles. The van der Waals surface area contributed by atoms with E-state index < -0.39 is 0 Å². The zero-order valence-electron chi connectivity index (χ0n) is 5.79. The van der Waals surface area contributed by atoms with Gasteiger partial charge in [-0.05, 0) is 0 Å². The molecule has 0 bridgehead atoms. The van der Waals surface area contributed by atoms with Gasteiger partial charge in [0.1, 0.15) is 5.82 Å². The fraction of sp³-hybridized carbons (Fsp3) is 0.500. The van der Waals surface area contributed by atoms with Gasteiger partial charge in [0.05, 0.1) is 11.1 Å². The van der Waals surface area contributed by atoms with Gasteiger partial charge in [0.15, 0.2) is 0 Å². The maximum Gasteiger partial charge on any atom is 0.137 e. The summed E-state index contributed by atoms with van der Waals surface area (Å²) in [6, 6.07) is 0. The average molecular weight is 155 g/mol. The van der Waals surface area contributed by atoms with Crippen LogP contribution in [0.1, 0.15) is 0 Å². The van der Waals surface area contributed by atoms with Crippen molar-refractivity contribution >= 4 is 17.6 Å². The SMILES string of the molecule is Cn1ncc2c1NCCS2. The highest BCUT2D eigenvalue weighted by atomic mass is 32.2. The molecule has 10 heavy (non-hydrogen) atoms. The van der Waals surface area contributed by atoms with Gasteiger partial charge in [0.25, 0.3) is 0 Å². The Hall–Kier alpha value is -0.640. The van der Waals surface area contributed by atoms with Crippen LogP contribution < -0.4 is 5.32 Å². The fourth-order valence-electron chi connectivity index (χ4n) is 1.05. The van der Waals surface area contributed by atoms with Gasteiger partial charge in [-0.25, -0.2) is 0 Å². The topological polar surface area (TPSA) is 29.9 Å². The third-order valence-corrected chi connectivity index (χ3v) is 2.58. The number of nitrogens with one attached hydrogen (secondary N) is 1. The highest BCUT2D eigenvalue weighted by Crippen LogP contribution is 2.29. The number of anilines is 1. The normalized spacial score (nSPS) is 16.1. The van der Waals surface area contributed by atoms with Crippen LogP contribution in [0.2, 0.25) is 0 Å². The molecule has 1 aromatic rings. The number of thioether (sulfide) groups is 1. The van der Waals surface area contributed by atoms with Crippen LogP contribution in [0, 0.1) is 0 Å². The molecule has 0 aromatic carbocycles. The van der Waals surface area contributed by atoms with Crippen molar-refractivity contribution in [2.75, 3.05) is 17.6 Å². The largest absolute Gasteiger partial charge is 0.369 e. The van der Waals surface area contributed by atoms with Crippen molar-refractivity contribution in [3.63, 3.8) is 0 Å². The molecule has 54 valence electrons. The van der Waals surface area contributed by atoms with Gasteiger partial charge in [-0.2, -0.15) is 5.10 Å². The maximum absolute atomic E-state index is 4.13. The van der Waals surface area contributed by atoms with Gasteiger partial charge in [0, 0.05) is 19.3 Å². The van der Waals surface area contributed by atoms with Crippen molar-refractivity contribution in [2.24, 2.45) is 7.05 Å². The Balaban J connectivity index is 2.45. The van der Waals surface area contributed by atoms with Crippen LogP contribution in [0.4, 0.5) is 5.82 Å². The number of nitrogens with zero attached hydrogens (tertiary/aromatic N) is 2. The van der Waals surface area contributed by atoms with E-state index in [-0.39, 0.29) is 0 Å². The first-order chi connectivity index (χ1) is 4.88. The smallest absolute Gasteiger partial charge is 0.137 e. The molecule has 0 unspecified atom stereocenters. The van der Waals surface area contributed by atoms with E-state index in [9.17, 15) is 0 Å². The van der Waals surface area contributed by atoms with Gasteiger partial charge in [-0.15, -0.1) is 11.8 Å². The van der Waals surface area contributed by atoms with Crippen molar-refractivity contribution in [1.82, 2.24) is 9.78 Å². The van der Waals surface area contributed by atoms with E-state index in [0.29, 0.717) is 0 Å². The van der Waals surface area contributed by atoms with Gasteiger partial charge in [-0.3, -0.25) is 4.68 Å². The van der Waals surface area contributed by atoms with E-state index >= 15 is 0 Å². The Labute approximate surface area is 63.8 Å². The molecule has 0 amide bonds. The zero-order chi connectivity index (χ0) is 6.97. The molecule has 2 rings (SSSR count). The summed E-state index contributed by atoms with van der Waals surface area (Å²) in [7, 11) is 1.96. The Morgan fingerprint density at radius 3 is 3.50 bits per heavy atom. The third-order valence-electron chi connectivity index (χ3n) is 1.56. The van der Waals surface area contributed by atoms with Gasteiger partial charge < -0.3 is 5.32 Å². The van der Waals surface area contributed by atoms with Crippen molar-refractivity contribution in [3.8, 4) is 0 Å². The number of aryl methyl sites for hydroxylation is 1. The molecule has 1 N–H and O–H groups in total. The van der Waals surface area contributed by atoms with Gasteiger partial charge in [-0.1, -0.05) is 0 Å². The number of hydrogen-bond acceptors (Lipinski definition) is 3. The number of aromatic nitrogens is 2. The van der Waals surface area contributed by atoms with Crippen LogP contribution >= 0.6 is 11.8 Å². The molecule has 0 saturated carbocycles. The minimum atomic E-state index is 1.05. The van der Waals surface area contributed by atoms with E-state index in [0.717, 1.165) is 18.1 Å². The molecule has 0 spiro atoms. The number of rotatable bonds is 0. The number of fused-ring (bicyclic) bond motifs is 1. The average Bonchev–Trinajstić information content (AvgIpc) is 2.34. The van der Waals surface area contributed by atoms with E-state index in [4.69, 9.17) is 0 Å². The Morgan fingerprint density at radius 1 is 1.80 bits per heavy atom. The van der Waals surface area contributed by atoms with Crippen LogP contribution in [-0.4, -0.2) is 22.1 Å². The zero-order valence-corrected chi connectivity index (χ0v) is 6.61. The lowest BCUT2D eigenvalue weighted by Crippen LogP contribution is -2.12. The predicted octanol–water partition coefficient (Wildman–Crippen LogP) is 0.938. The molecule has 0 saturated heterocycles. The second kappa shape index (κ2) is 2.20. The van der Waals surface area contributed by atoms with Crippen LogP contribution in [0.25, 0.3) is 0 Å². The Morgan fingerprint density at radius 2 is 2.70 bits per heavy atom. The minimum Gasteiger partial charge on any atom is -0.369 e. The molecule has 0 atom stereocenters. The van der Waals surface area contributed by atoms with Crippen LogP contribution in [0.15, 0.2) is 11.1 Å². The van der Waals surface area contributed by atoms with Crippen molar-refractivity contribution < 1.29 is 0 Å². The molecule has 0 aliphatic carbocycles. The predicted molar refractivity (Wildman–Crippen MR) is 42.4 cm³/mol. The van der Waals surface area contributed by atoms with Gasteiger partial charge >= 0.3 is 0 Å². The van der Waals surface area contributed by atoms with E-state index in [1.54, 1.807) is 0 Å². The van der Waals surface area contributed by atoms with Crippen LogP contribution in [0.3, 0.4) is 0 Å². The summed E-state index contributed by atoms with van der Waals surface area (Å²) in [5.41, 5.74) is 0. The summed E-state index contributed by atoms with van der Waals surface area (Å²) in [5.74, 6) is 2.31. The summed E-state index contributed by atoms with van der Waals surface area (Å²) in [6.45, 7) is 1.05.